The molecule has 0 aromatic carbocycles. The second-order valence-corrected chi connectivity index (χ2v) is 13.0. The summed E-state index contributed by atoms with van der Waals surface area (Å²) in [6.45, 7) is 14.7. The van der Waals surface area contributed by atoms with Gasteiger partial charge in [-0.05, 0) is 110 Å². The van der Waals surface area contributed by atoms with E-state index in [4.69, 9.17) is 9.47 Å². The highest BCUT2D eigenvalue weighted by Crippen LogP contribution is 2.67. The number of carbonyl (C=O) groups excluding carboxylic acids is 1. The minimum atomic E-state index is -0.516. The average Bonchev–Trinajstić information content (AvgIpc) is 3.11. The summed E-state index contributed by atoms with van der Waals surface area (Å²) < 4.78 is 10.6. The van der Waals surface area contributed by atoms with Crippen LogP contribution in [0, 0.1) is 52.3 Å². The summed E-state index contributed by atoms with van der Waals surface area (Å²) in [7, 11) is 0. The summed E-state index contributed by atoms with van der Waals surface area (Å²) in [5.74, 6) is 5.84. The van der Waals surface area contributed by atoms with Crippen LogP contribution in [0.15, 0.2) is 12.2 Å². The molecule has 3 saturated carbocycles. The maximum atomic E-state index is 11.8. The van der Waals surface area contributed by atoms with Crippen molar-refractivity contribution in [3.63, 3.8) is 0 Å². The minimum Gasteiger partial charge on any atom is -0.435 e. The van der Waals surface area contributed by atoms with Crippen molar-refractivity contribution in [1.29, 1.82) is 0 Å². The monoisotopic (exact) mass is 458 g/mol. The van der Waals surface area contributed by atoms with Crippen LogP contribution in [0.4, 0.5) is 4.79 Å². The van der Waals surface area contributed by atoms with E-state index < -0.39 is 6.16 Å². The fourth-order valence-corrected chi connectivity index (χ4v) is 9.16. The zero-order valence-corrected chi connectivity index (χ0v) is 22.3. The van der Waals surface area contributed by atoms with Gasteiger partial charge in [0.2, 0.25) is 0 Å². The maximum absolute atomic E-state index is 11.8. The first-order valence-corrected chi connectivity index (χ1v) is 14.2. The summed E-state index contributed by atoms with van der Waals surface area (Å²) in [5.41, 5.74) is 0.815. The van der Waals surface area contributed by atoms with Crippen molar-refractivity contribution >= 4 is 6.16 Å². The minimum absolute atomic E-state index is 0.116. The predicted molar refractivity (Wildman–Crippen MR) is 135 cm³/mol. The SMILES string of the molecule is CCOC(=O)O[C@@H]1C=C[C@@]2(C)[C@@H](CC[C@@H]3[C@H]2CC[C@]2(C)[C@@H]3CC[C@@H]2[C@H](C)CCCC(C)C)C1. The predicted octanol–water partition coefficient (Wildman–Crippen LogP) is 8.43. The summed E-state index contributed by atoms with van der Waals surface area (Å²) in [5, 5.41) is 0. The molecule has 0 bridgehead atoms. The van der Waals surface area contributed by atoms with E-state index in [1.165, 1.54) is 57.8 Å². The van der Waals surface area contributed by atoms with E-state index in [2.05, 4.69) is 46.8 Å². The first-order valence-electron chi connectivity index (χ1n) is 14.2. The molecule has 0 aliphatic heterocycles. The van der Waals surface area contributed by atoms with Crippen molar-refractivity contribution < 1.29 is 14.3 Å². The molecule has 0 amide bonds. The molecule has 0 aromatic heterocycles. The Morgan fingerprint density at radius 3 is 2.55 bits per heavy atom. The lowest BCUT2D eigenvalue weighted by atomic mass is 9.45. The van der Waals surface area contributed by atoms with Crippen LogP contribution in [-0.4, -0.2) is 18.9 Å². The van der Waals surface area contributed by atoms with Crippen molar-refractivity contribution in [1.82, 2.24) is 0 Å². The summed E-state index contributed by atoms with van der Waals surface area (Å²) >= 11 is 0. The lowest BCUT2D eigenvalue weighted by molar-refractivity contribution is -0.0928. The van der Waals surface area contributed by atoms with Gasteiger partial charge in [-0.3, -0.25) is 0 Å². The third-order valence-electron chi connectivity index (χ3n) is 10.9. The number of carbonyl (C=O) groups is 1. The number of rotatable bonds is 7. The molecule has 0 saturated heterocycles. The fourth-order valence-electron chi connectivity index (χ4n) is 9.16. The molecule has 4 aliphatic carbocycles. The van der Waals surface area contributed by atoms with Crippen molar-refractivity contribution in [2.75, 3.05) is 6.61 Å². The second kappa shape index (κ2) is 9.94. The van der Waals surface area contributed by atoms with Gasteiger partial charge >= 0.3 is 6.16 Å². The number of hydrogen-bond donors (Lipinski definition) is 0. The zero-order chi connectivity index (χ0) is 23.8. The molecule has 0 heterocycles. The number of allylic oxidation sites excluding steroid dienone is 1. The van der Waals surface area contributed by atoms with E-state index in [1.54, 1.807) is 0 Å². The third kappa shape index (κ3) is 4.76. The van der Waals surface area contributed by atoms with Crippen LogP contribution in [0.3, 0.4) is 0 Å². The molecule has 0 unspecified atom stereocenters. The Kier molecular flexibility index (Phi) is 7.56. The Bertz CT molecular complexity index is 713. The third-order valence-corrected chi connectivity index (χ3v) is 10.9. The molecule has 0 radical (unpaired) electrons. The molecular weight excluding hydrogens is 408 g/mol. The van der Waals surface area contributed by atoms with Crippen LogP contribution in [0.5, 0.6) is 0 Å². The standard InChI is InChI=1S/C30H50O3/c1-7-32-28(31)33-23-15-17-29(5)22(19-23)11-12-24-26-14-13-25(21(4)10-8-9-20(2)3)30(26,6)18-16-27(24)29/h15,17,20-27H,7-14,16,18-19H2,1-6H3/t21-,22+,23-,24+,25-,26-,27-,29+,30+/m1/s1. The molecule has 0 spiro atoms. The van der Waals surface area contributed by atoms with Gasteiger partial charge in [0.15, 0.2) is 0 Å². The van der Waals surface area contributed by atoms with E-state index in [1.807, 2.05) is 6.92 Å². The van der Waals surface area contributed by atoms with Gasteiger partial charge < -0.3 is 9.47 Å². The molecule has 4 aliphatic rings. The van der Waals surface area contributed by atoms with Crippen LogP contribution in [-0.2, 0) is 9.47 Å². The van der Waals surface area contributed by atoms with Crippen molar-refractivity contribution in [2.24, 2.45) is 52.3 Å². The van der Waals surface area contributed by atoms with Crippen LogP contribution in [0.25, 0.3) is 0 Å². The maximum Gasteiger partial charge on any atom is 0.508 e. The topological polar surface area (TPSA) is 35.5 Å². The van der Waals surface area contributed by atoms with Crippen LogP contribution < -0.4 is 0 Å². The van der Waals surface area contributed by atoms with E-state index in [0.29, 0.717) is 17.9 Å². The van der Waals surface area contributed by atoms with Gasteiger partial charge in [-0.2, -0.15) is 0 Å². The molecular formula is C30H50O3. The van der Waals surface area contributed by atoms with Gasteiger partial charge in [-0.15, -0.1) is 0 Å². The first kappa shape index (κ1) is 25.1. The molecule has 9 atom stereocenters. The number of ether oxygens (including phenoxy) is 2. The van der Waals surface area contributed by atoms with Crippen LogP contribution >= 0.6 is 0 Å². The average molecular weight is 459 g/mol. The Morgan fingerprint density at radius 1 is 1.03 bits per heavy atom. The zero-order valence-electron chi connectivity index (χ0n) is 22.3. The van der Waals surface area contributed by atoms with Crippen LogP contribution in [0.1, 0.15) is 106 Å². The normalized spacial score (nSPS) is 42.9. The molecule has 33 heavy (non-hydrogen) atoms. The quantitative estimate of drug-likeness (QED) is 0.284. The lowest BCUT2D eigenvalue weighted by Crippen LogP contribution is -2.53. The van der Waals surface area contributed by atoms with Gasteiger partial charge in [-0.1, -0.05) is 60.0 Å². The highest BCUT2D eigenvalue weighted by atomic mass is 16.7. The van der Waals surface area contributed by atoms with E-state index in [9.17, 15) is 4.79 Å². The largest absolute Gasteiger partial charge is 0.508 e. The van der Waals surface area contributed by atoms with Gasteiger partial charge in [0.1, 0.15) is 6.10 Å². The Labute approximate surface area is 203 Å². The van der Waals surface area contributed by atoms with Gasteiger partial charge in [0.25, 0.3) is 0 Å². The first-order chi connectivity index (χ1) is 15.7. The van der Waals surface area contributed by atoms with Crippen LogP contribution in [0.2, 0.25) is 0 Å². The van der Waals surface area contributed by atoms with E-state index >= 15 is 0 Å². The van der Waals surface area contributed by atoms with Crippen molar-refractivity contribution in [3.8, 4) is 0 Å². The number of hydrogen-bond acceptors (Lipinski definition) is 3. The second-order valence-electron chi connectivity index (χ2n) is 13.0. The van der Waals surface area contributed by atoms with Gasteiger partial charge in [0.05, 0.1) is 6.61 Å². The molecule has 3 fully saturated rings. The Hall–Kier alpha value is -0.990. The van der Waals surface area contributed by atoms with Gasteiger partial charge in [0, 0.05) is 0 Å². The molecule has 0 N–H and O–H groups in total. The highest BCUT2D eigenvalue weighted by molar-refractivity contribution is 5.60. The summed E-state index contributed by atoms with van der Waals surface area (Å²) in [6, 6.07) is 0. The summed E-state index contributed by atoms with van der Waals surface area (Å²) in [6.07, 6.45) is 17.5. The molecule has 3 nitrogen and oxygen atoms in total. The van der Waals surface area contributed by atoms with E-state index in [0.717, 1.165) is 41.9 Å². The summed E-state index contributed by atoms with van der Waals surface area (Å²) in [4.78, 5) is 11.8. The smallest absolute Gasteiger partial charge is 0.435 e. The molecule has 3 heteroatoms. The Balaban J connectivity index is 1.43. The highest BCUT2D eigenvalue weighted by Gasteiger charge is 2.60. The molecule has 188 valence electrons. The lowest BCUT2D eigenvalue weighted by Gasteiger charge is -2.59. The fraction of sp³-hybridized carbons (Fsp3) is 0.900. The van der Waals surface area contributed by atoms with Crippen molar-refractivity contribution in [2.45, 2.75) is 112 Å². The number of fused-ring (bicyclic) bond motifs is 5. The van der Waals surface area contributed by atoms with Gasteiger partial charge in [-0.25, -0.2) is 4.79 Å². The van der Waals surface area contributed by atoms with Crippen molar-refractivity contribution in [3.05, 3.63) is 12.2 Å². The molecule has 4 rings (SSSR count). The Morgan fingerprint density at radius 2 is 1.82 bits per heavy atom. The molecule has 0 aromatic rings. The van der Waals surface area contributed by atoms with E-state index in [-0.39, 0.29) is 11.5 Å².